The Bertz CT molecular complexity index is 90.0. The zero-order chi connectivity index (χ0) is 12.9. The van der Waals surface area contributed by atoms with Gasteiger partial charge in [-0.1, -0.05) is 0 Å². The van der Waals surface area contributed by atoms with Crippen LogP contribution in [-0.2, 0) is 14.0 Å². The first kappa shape index (κ1) is 43.7. The van der Waals surface area contributed by atoms with Crippen molar-refractivity contribution >= 4 is 136 Å². The maximum atomic E-state index is 8.93. The number of rotatable bonds is 3. The van der Waals surface area contributed by atoms with Crippen LogP contribution in [0.25, 0.3) is 0 Å². The molecule has 19 heavy (non-hydrogen) atoms. The van der Waals surface area contributed by atoms with Crippen LogP contribution in [0, 0.1) is 0 Å². The Morgan fingerprint density at radius 3 is 0.579 bits per heavy atom. The van der Waals surface area contributed by atoms with Gasteiger partial charge in [0, 0.05) is 0 Å². The van der Waals surface area contributed by atoms with Crippen LogP contribution >= 0.6 is 25.8 Å². The third kappa shape index (κ3) is 86.2. The molecule has 19 heteroatoms. The molecule has 0 bridgehead atoms. The molecule has 0 aromatic carbocycles. The average molecular weight is 426 g/mol. The summed E-state index contributed by atoms with van der Waals surface area (Å²) in [5.41, 5.74) is 0. The van der Waals surface area contributed by atoms with Crippen molar-refractivity contribution in [1.82, 2.24) is 0 Å². The first-order valence-electron chi connectivity index (χ1n) is 2.19. The Kier molecular flexibility index (Phi) is 87.6. The van der Waals surface area contributed by atoms with E-state index in [0.29, 0.717) is 0 Å². The second-order valence-corrected chi connectivity index (χ2v) is 2.75. The molecule has 0 amide bonds. The van der Waals surface area contributed by atoms with Crippen LogP contribution in [-0.4, -0.2) is 126 Å². The molecule has 0 radical (unpaired) electrons. The predicted octanol–water partition coefficient (Wildman–Crippen LogP) is -7.32. The maximum absolute atomic E-state index is 8.93. The standard InChI is InChI=1S/2Al.2Ca.3HO4P.4H/c;;;;3*1-4-5(2)3;;;;/h;;;;3*1H;;;;/q2*+3;;;3*-2;;;;. The molecule has 0 aliphatic carbocycles. The van der Waals surface area contributed by atoms with Crippen molar-refractivity contribution in [3.63, 3.8) is 0 Å². The molecule has 0 heterocycles. The third-order valence-corrected chi connectivity index (χ3v) is 0.600. The van der Waals surface area contributed by atoms with E-state index < -0.39 is 25.8 Å². The second-order valence-electron chi connectivity index (χ2n) is 0.916. The molecule has 0 aliphatic heterocycles. The molecule has 0 atom stereocenters. The van der Waals surface area contributed by atoms with Crippen molar-refractivity contribution in [2.75, 3.05) is 0 Å². The Morgan fingerprint density at radius 2 is 0.579 bits per heavy atom. The Morgan fingerprint density at radius 1 is 0.526 bits per heavy atom. The fourth-order valence-electron chi connectivity index (χ4n) is 0. The summed E-state index contributed by atoms with van der Waals surface area (Å²) in [6.45, 7) is 0. The van der Waals surface area contributed by atoms with E-state index in [1.54, 1.807) is 0 Å². The topological polar surface area (TPSA) is 227 Å². The van der Waals surface area contributed by atoms with Crippen LogP contribution in [0.2, 0.25) is 0 Å². The second kappa shape index (κ2) is 38.1. The molecule has 3 N–H and O–H groups in total. The summed E-state index contributed by atoms with van der Waals surface area (Å²) in [6, 6.07) is 0. The van der Waals surface area contributed by atoms with E-state index in [9.17, 15) is 0 Å². The minimum atomic E-state index is -3.04. The first-order chi connectivity index (χ1) is 6.81. The molecule has 0 saturated carbocycles. The molecule has 0 unspecified atom stereocenters. The fourth-order valence-corrected chi connectivity index (χ4v) is 0. The summed E-state index contributed by atoms with van der Waals surface area (Å²) >= 11 is 0. The SMILES string of the molecule is [Al+3].[Al+3].[CaH2].[CaH2].[O-]P([O-])OO.[O-]P([O-])OO.[O-]P([O-])OO. The van der Waals surface area contributed by atoms with Gasteiger partial charge in [0.05, 0.1) is 0 Å². The summed E-state index contributed by atoms with van der Waals surface area (Å²) in [5.74, 6) is 0. The summed E-state index contributed by atoms with van der Waals surface area (Å²) in [7, 11) is -9.13. The zero-order valence-corrected chi connectivity index (χ0v) is 12.5. The monoisotopic (exact) mass is 426 g/mol. The normalized spacial score (nSPS) is 7.58. The van der Waals surface area contributed by atoms with E-state index in [-0.39, 0.29) is 110 Å². The largest absolute Gasteiger partial charge is 0.818 e. The van der Waals surface area contributed by atoms with Gasteiger partial charge in [0.1, 0.15) is 0 Å². The third-order valence-electron chi connectivity index (χ3n) is 0.200. The predicted molar refractivity (Wildman–Crippen MR) is 60.5 cm³/mol. The Labute approximate surface area is 192 Å². The van der Waals surface area contributed by atoms with Crippen LogP contribution in [0.3, 0.4) is 0 Å². The molecule has 0 rings (SSSR count). The molecule has 0 aliphatic rings. The zero-order valence-electron chi connectivity index (χ0n) is 7.51. The molecule has 0 saturated heterocycles. The van der Waals surface area contributed by atoms with E-state index in [4.69, 9.17) is 45.1 Å². The molecule has 0 aromatic rings. The van der Waals surface area contributed by atoms with Crippen LogP contribution in [0.4, 0.5) is 0 Å². The van der Waals surface area contributed by atoms with Gasteiger partial charge < -0.3 is 29.4 Å². The van der Waals surface area contributed by atoms with Crippen LogP contribution in [0.5, 0.6) is 0 Å². The fraction of sp³-hybridized carbons (Fsp3) is 0. The van der Waals surface area contributed by atoms with Crippen LogP contribution in [0.15, 0.2) is 0 Å². The summed E-state index contributed by atoms with van der Waals surface area (Å²) in [5, 5.41) is 21.1. The van der Waals surface area contributed by atoms with E-state index >= 15 is 0 Å². The Hall–Kier alpha value is 4.39. The summed E-state index contributed by atoms with van der Waals surface area (Å²) < 4.78 is 8.11. The summed E-state index contributed by atoms with van der Waals surface area (Å²) in [6.07, 6.45) is 0. The van der Waals surface area contributed by atoms with E-state index in [2.05, 4.69) is 14.0 Å². The molecular weight excluding hydrogens is 419 g/mol. The van der Waals surface area contributed by atoms with Crippen molar-refractivity contribution in [2.24, 2.45) is 0 Å². The maximum Gasteiger partial charge on any atom is -0.117 e. The van der Waals surface area contributed by atoms with Gasteiger partial charge in [-0.2, -0.15) is 0 Å². The van der Waals surface area contributed by atoms with Gasteiger partial charge >= 0.3 is 110 Å². The van der Waals surface area contributed by atoms with Gasteiger partial charge in [-0.15, -0.1) is 25.8 Å². The molecule has 12 nitrogen and oxygen atoms in total. The quantitative estimate of drug-likeness (QED) is 0.166. The van der Waals surface area contributed by atoms with Gasteiger partial charge in [0.2, 0.25) is 0 Å². The minimum absolute atomic E-state index is 0. The van der Waals surface area contributed by atoms with Gasteiger partial charge in [0.25, 0.3) is 0 Å². The van der Waals surface area contributed by atoms with Crippen LogP contribution < -0.4 is 29.4 Å². The van der Waals surface area contributed by atoms with Crippen molar-refractivity contribution in [3.05, 3.63) is 0 Å². The number of hydrogen-bond acceptors (Lipinski definition) is 12. The first-order valence-corrected chi connectivity index (χ1v) is 5.48. The van der Waals surface area contributed by atoms with E-state index in [0.717, 1.165) is 0 Å². The van der Waals surface area contributed by atoms with E-state index in [1.165, 1.54) is 0 Å². The minimum Gasteiger partial charge on any atom is -0.818 e. The molecule has 0 fully saturated rings. The van der Waals surface area contributed by atoms with Gasteiger partial charge in [-0.25, -0.2) is 0 Å². The van der Waals surface area contributed by atoms with Crippen molar-refractivity contribution in [1.29, 1.82) is 0 Å². The van der Waals surface area contributed by atoms with Crippen LogP contribution in [0.1, 0.15) is 0 Å². The van der Waals surface area contributed by atoms with Gasteiger partial charge in [0.15, 0.2) is 0 Å². The van der Waals surface area contributed by atoms with Crippen molar-refractivity contribution < 1.29 is 59.2 Å². The molecule has 0 spiro atoms. The number of hydrogen-bond donors (Lipinski definition) is 3. The van der Waals surface area contributed by atoms with Crippen molar-refractivity contribution in [2.45, 2.75) is 0 Å². The Balaban J connectivity index is -0.0000000206. The van der Waals surface area contributed by atoms with Gasteiger partial charge in [-0.05, 0) is 0 Å². The van der Waals surface area contributed by atoms with Gasteiger partial charge in [-0.3, -0.25) is 29.8 Å². The van der Waals surface area contributed by atoms with Crippen molar-refractivity contribution in [3.8, 4) is 0 Å². The smallest absolute Gasteiger partial charge is 0.117 e. The molecule has 104 valence electrons. The molecule has 0 aromatic heterocycles. The van der Waals surface area contributed by atoms with E-state index in [1.807, 2.05) is 0 Å². The molecular formula is H7Al2Ca2O12P3. The summed E-state index contributed by atoms with van der Waals surface area (Å²) in [4.78, 5) is 53.6. The average Bonchev–Trinajstić information content (AvgIpc) is 2.19.